The number of benzene rings is 1. The van der Waals surface area contributed by atoms with Crippen LogP contribution in [0.25, 0.3) is 11.0 Å². The summed E-state index contributed by atoms with van der Waals surface area (Å²) < 4.78 is 12.9. The monoisotopic (exact) mass is 229 g/mol. The first kappa shape index (κ1) is 9.97. The minimum Gasteiger partial charge on any atom is -0.486 e. The molecule has 0 radical (unpaired) electrons. The molecule has 17 heavy (non-hydrogen) atoms. The normalized spacial score (nSPS) is 13.6. The van der Waals surface area contributed by atoms with E-state index >= 15 is 0 Å². The molecule has 0 saturated heterocycles. The second-order valence-corrected chi connectivity index (χ2v) is 3.89. The molecule has 0 amide bonds. The molecule has 2 heterocycles. The van der Waals surface area contributed by atoms with E-state index < -0.39 is 0 Å². The molecular formula is C12H11N3O2. The van der Waals surface area contributed by atoms with Crippen LogP contribution in [0, 0.1) is 18.3 Å². The van der Waals surface area contributed by atoms with E-state index in [9.17, 15) is 0 Å². The van der Waals surface area contributed by atoms with Crippen LogP contribution in [0.3, 0.4) is 0 Å². The molecule has 1 aromatic heterocycles. The number of hydrogen-bond donors (Lipinski definition) is 0. The number of imidazole rings is 1. The van der Waals surface area contributed by atoms with Crippen molar-refractivity contribution in [1.82, 2.24) is 9.55 Å². The van der Waals surface area contributed by atoms with Crippen LogP contribution in [0.2, 0.25) is 0 Å². The highest BCUT2D eigenvalue weighted by Crippen LogP contribution is 2.34. The molecular weight excluding hydrogens is 218 g/mol. The summed E-state index contributed by atoms with van der Waals surface area (Å²) in [6.45, 7) is 3.31. The van der Waals surface area contributed by atoms with Gasteiger partial charge < -0.3 is 14.0 Å². The molecule has 86 valence electrons. The van der Waals surface area contributed by atoms with Gasteiger partial charge in [-0.05, 0) is 6.92 Å². The van der Waals surface area contributed by atoms with E-state index in [0.29, 0.717) is 19.8 Å². The number of aromatic nitrogens is 2. The molecule has 0 spiro atoms. The standard InChI is InChI=1S/C12H11N3O2/c1-8-14-9-6-11-12(17-5-4-16-11)7-10(9)15(8)3-2-13/h6-7H,3-5H2,1H3. The molecule has 0 N–H and O–H groups in total. The van der Waals surface area contributed by atoms with Gasteiger partial charge in [-0.15, -0.1) is 0 Å². The number of nitrogens with zero attached hydrogens (tertiary/aromatic N) is 3. The summed E-state index contributed by atoms with van der Waals surface area (Å²) in [4.78, 5) is 4.42. The summed E-state index contributed by atoms with van der Waals surface area (Å²) in [5.41, 5.74) is 1.75. The Kier molecular flexibility index (Phi) is 2.15. The fourth-order valence-corrected chi connectivity index (χ4v) is 2.05. The highest BCUT2D eigenvalue weighted by Gasteiger charge is 2.16. The second-order valence-electron chi connectivity index (χ2n) is 3.89. The van der Waals surface area contributed by atoms with Crippen molar-refractivity contribution in [1.29, 1.82) is 5.26 Å². The topological polar surface area (TPSA) is 60.1 Å². The van der Waals surface area contributed by atoms with Crippen LogP contribution in [0.5, 0.6) is 11.5 Å². The number of aryl methyl sites for hydroxylation is 1. The number of nitriles is 1. The van der Waals surface area contributed by atoms with Crippen molar-refractivity contribution in [3.05, 3.63) is 18.0 Å². The number of fused-ring (bicyclic) bond motifs is 2. The molecule has 0 bridgehead atoms. The van der Waals surface area contributed by atoms with Crippen molar-refractivity contribution in [2.75, 3.05) is 13.2 Å². The molecule has 0 unspecified atom stereocenters. The highest BCUT2D eigenvalue weighted by atomic mass is 16.6. The summed E-state index contributed by atoms with van der Waals surface area (Å²) in [5, 5.41) is 8.81. The molecule has 1 aliphatic heterocycles. The van der Waals surface area contributed by atoms with Crippen LogP contribution in [0.1, 0.15) is 5.82 Å². The Bertz CT molecular complexity index is 625. The van der Waals surface area contributed by atoms with Gasteiger partial charge in [0.1, 0.15) is 25.6 Å². The van der Waals surface area contributed by atoms with Crippen molar-refractivity contribution in [3.63, 3.8) is 0 Å². The highest BCUT2D eigenvalue weighted by molar-refractivity contribution is 5.80. The average molecular weight is 229 g/mol. The lowest BCUT2D eigenvalue weighted by molar-refractivity contribution is 0.172. The molecule has 2 aromatic rings. The number of rotatable bonds is 1. The quantitative estimate of drug-likeness (QED) is 0.745. The Balaban J connectivity index is 2.24. The Morgan fingerprint density at radius 2 is 2.06 bits per heavy atom. The lowest BCUT2D eigenvalue weighted by atomic mass is 10.2. The maximum Gasteiger partial charge on any atom is 0.163 e. The molecule has 1 aromatic carbocycles. The lowest BCUT2D eigenvalue weighted by Crippen LogP contribution is -2.15. The van der Waals surface area contributed by atoms with Crippen LogP contribution in [-0.4, -0.2) is 22.8 Å². The maximum absolute atomic E-state index is 8.81. The summed E-state index contributed by atoms with van der Waals surface area (Å²) in [5.74, 6) is 2.28. The van der Waals surface area contributed by atoms with Gasteiger partial charge in [0.2, 0.25) is 0 Å². The van der Waals surface area contributed by atoms with E-state index in [0.717, 1.165) is 28.4 Å². The van der Waals surface area contributed by atoms with Gasteiger partial charge in [-0.1, -0.05) is 0 Å². The van der Waals surface area contributed by atoms with E-state index in [-0.39, 0.29) is 0 Å². The van der Waals surface area contributed by atoms with E-state index in [1.54, 1.807) is 0 Å². The van der Waals surface area contributed by atoms with Crippen molar-refractivity contribution in [2.24, 2.45) is 0 Å². The third-order valence-electron chi connectivity index (χ3n) is 2.83. The van der Waals surface area contributed by atoms with Gasteiger partial charge in [0.15, 0.2) is 11.5 Å². The molecule has 5 heteroatoms. The number of ether oxygens (including phenoxy) is 2. The predicted molar refractivity (Wildman–Crippen MR) is 61.1 cm³/mol. The second kappa shape index (κ2) is 3.67. The Hall–Kier alpha value is -2.22. The van der Waals surface area contributed by atoms with Gasteiger partial charge >= 0.3 is 0 Å². The van der Waals surface area contributed by atoms with Gasteiger partial charge in [0.05, 0.1) is 17.1 Å². The predicted octanol–water partition coefficient (Wildman–Crippen LogP) is 1.64. The third-order valence-corrected chi connectivity index (χ3v) is 2.83. The van der Waals surface area contributed by atoms with Crippen LogP contribution >= 0.6 is 0 Å². The van der Waals surface area contributed by atoms with Gasteiger partial charge in [-0.3, -0.25) is 0 Å². The van der Waals surface area contributed by atoms with Crippen LogP contribution in [0.15, 0.2) is 12.1 Å². The average Bonchev–Trinajstić information content (AvgIpc) is 2.63. The fraction of sp³-hybridized carbons (Fsp3) is 0.333. The first-order chi connectivity index (χ1) is 8.29. The number of hydrogen-bond acceptors (Lipinski definition) is 4. The zero-order chi connectivity index (χ0) is 11.8. The molecule has 0 atom stereocenters. The van der Waals surface area contributed by atoms with Crippen molar-refractivity contribution >= 4 is 11.0 Å². The van der Waals surface area contributed by atoms with Crippen molar-refractivity contribution in [2.45, 2.75) is 13.5 Å². The molecule has 3 rings (SSSR count). The minimum atomic E-state index is 0.294. The Labute approximate surface area is 98.2 Å². The van der Waals surface area contributed by atoms with Crippen molar-refractivity contribution in [3.8, 4) is 17.6 Å². The smallest absolute Gasteiger partial charge is 0.163 e. The van der Waals surface area contributed by atoms with Gasteiger partial charge in [0.25, 0.3) is 0 Å². The van der Waals surface area contributed by atoms with Gasteiger partial charge in [-0.2, -0.15) is 5.26 Å². The fourth-order valence-electron chi connectivity index (χ4n) is 2.05. The van der Waals surface area contributed by atoms with E-state index in [1.807, 2.05) is 23.6 Å². The summed E-state index contributed by atoms with van der Waals surface area (Å²) in [6.07, 6.45) is 0. The molecule has 0 aliphatic carbocycles. The first-order valence-electron chi connectivity index (χ1n) is 5.43. The van der Waals surface area contributed by atoms with Crippen LogP contribution < -0.4 is 9.47 Å². The Morgan fingerprint density at radius 3 is 2.76 bits per heavy atom. The van der Waals surface area contributed by atoms with Gasteiger partial charge in [-0.25, -0.2) is 4.98 Å². The SMILES string of the molecule is Cc1nc2cc3c(cc2n1CC#N)OCCO3. The maximum atomic E-state index is 8.81. The van der Waals surface area contributed by atoms with E-state index in [1.165, 1.54) is 0 Å². The van der Waals surface area contributed by atoms with Crippen LogP contribution in [-0.2, 0) is 6.54 Å². The zero-order valence-corrected chi connectivity index (χ0v) is 9.43. The van der Waals surface area contributed by atoms with E-state index in [4.69, 9.17) is 14.7 Å². The van der Waals surface area contributed by atoms with Crippen molar-refractivity contribution < 1.29 is 9.47 Å². The summed E-state index contributed by atoms with van der Waals surface area (Å²) in [6, 6.07) is 5.89. The van der Waals surface area contributed by atoms with Crippen LogP contribution in [0.4, 0.5) is 0 Å². The summed E-state index contributed by atoms with van der Waals surface area (Å²) in [7, 11) is 0. The van der Waals surface area contributed by atoms with E-state index in [2.05, 4.69) is 11.1 Å². The molecule has 5 nitrogen and oxygen atoms in total. The molecule has 0 saturated carbocycles. The third kappa shape index (κ3) is 1.49. The largest absolute Gasteiger partial charge is 0.486 e. The Morgan fingerprint density at radius 1 is 1.35 bits per heavy atom. The zero-order valence-electron chi connectivity index (χ0n) is 9.43. The summed E-state index contributed by atoms with van der Waals surface area (Å²) >= 11 is 0. The molecule has 0 fully saturated rings. The van der Waals surface area contributed by atoms with Gasteiger partial charge in [0, 0.05) is 12.1 Å². The lowest BCUT2D eigenvalue weighted by Gasteiger charge is -2.18. The minimum absolute atomic E-state index is 0.294. The molecule has 1 aliphatic rings. The first-order valence-corrected chi connectivity index (χ1v) is 5.43.